The fraction of sp³-hybridized carbons (Fsp3) is 0.0909. The Morgan fingerprint density at radius 2 is 2.22 bits per heavy atom. The van der Waals surface area contributed by atoms with Crippen LogP contribution in [0.5, 0.6) is 5.75 Å². The number of methoxy groups -OCH3 is 1. The van der Waals surface area contributed by atoms with Gasteiger partial charge in [-0.1, -0.05) is 15.9 Å². The molecule has 0 aliphatic heterocycles. The molecule has 0 unspecified atom stereocenters. The van der Waals surface area contributed by atoms with Crippen LogP contribution in [0.2, 0.25) is 0 Å². The maximum atomic E-state index is 12.0. The smallest absolute Gasteiger partial charge is 0.261 e. The molecule has 0 radical (unpaired) electrons. The number of amides is 1. The fourth-order valence-electron chi connectivity index (χ4n) is 1.33. The first-order chi connectivity index (χ1) is 8.70. The molecular formula is C11H9BrN4O2. The summed E-state index contributed by atoms with van der Waals surface area (Å²) in [6.45, 7) is 0. The molecule has 0 fully saturated rings. The van der Waals surface area contributed by atoms with Crippen molar-refractivity contribution in [2.24, 2.45) is 0 Å². The van der Waals surface area contributed by atoms with Crippen molar-refractivity contribution in [1.29, 1.82) is 0 Å². The van der Waals surface area contributed by atoms with E-state index in [-0.39, 0.29) is 11.9 Å². The summed E-state index contributed by atoms with van der Waals surface area (Å²) in [4.78, 5) is 15.9. The monoisotopic (exact) mass is 308 g/mol. The lowest BCUT2D eigenvalue weighted by molar-refractivity contribution is 0.102. The highest BCUT2D eigenvalue weighted by Gasteiger charge is 2.13. The van der Waals surface area contributed by atoms with Crippen molar-refractivity contribution < 1.29 is 9.53 Å². The van der Waals surface area contributed by atoms with Crippen LogP contribution in [0, 0.1) is 0 Å². The summed E-state index contributed by atoms with van der Waals surface area (Å²) in [6, 6.07) is 5.14. The van der Waals surface area contributed by atoms with Gasteiger partial charge in [-0.05, 0) is 18.2 Å². The number of nitrogens with one attached hydrogen (secondary N) is 1. The summed E-state index contributed by atoms with van der Waals surface area (Å²) in [5.74, 6) is 0.255. The topological polar surface area (TPSA) is 77.0 Å². The van der Waals surface area contributed by atoms with E-state index in [1.165, 1.54) is 19.5 Å². The maximum absolute atomic E-state index is 12.0. The highest BCUT2D eigenvalue weighted by atomic mass is 79.9. The number of anilines is 1. The first-order valence-electron chi connectivity index (χ1n) is 4.99. The van der Waals surface area contributed by atoms with Crippen LogP contribution in [0.15, 0.2) is 35.1 Å². The molecule has 1 aromatic carbocycles. The molecule has 0 atom stereocenters. The van der Waals surface area contributed by atoms with Crippen molar-refractivity contribution in [3.63, 3.8) is 0 Å². The minimum atomic E-state index is -0.360. The molecule has 7 heteroatoms. The van der Waals surface area contributed by atoms with E-state index in [1.54, 1.807) is 18.2 Å². The van der Waals surface area contributed by atoms with Crippen LogP contribution >= 0.6 is 15.9 Å². The van der Waals surface area contributed by atoms with E-state index < -0.39 is 0 Å². The molecule has 2 rings (SSSR count). The van der Waals surface area contributed by atoms with Gasteiger partial charge >= 0.3 is 0 Å². The van der Waals surface area contributed by atoms with E-state index in [0.717, 1.165) is 4.47 Å². The summed E-state index contributed by atoms with van der Waals surface area (Å²) in [5.41, 5.74) is 0.388. The van der Waals surface area contributed by atoms with E-state index >= 15 is 0 Å². The van der Waals surface area contributed by atoms with Gasteiger partial charge in [-0.25, -0.2) is 4.98 Å². The summed E-state index contributed by atoms with van der Waals surface area (Å²) in [6.07, 6.45) is 2.87. The van der Waals surface area contributed by atoms with E-state index in [9.17, 15) is 4.79 Å². The van der Waals surface area contributed by atoms with Crippen LogP contribution in [-0.4, -0.2) is 28.2 Å². The third-order valence-corrected chi connectivity index (χ3v) is 2.61. The molecule has 1 heterocycles. The molecule has 0 bridgehead atoms. The van der Waals surface area contributed by atoms with Gasteiger partial charge in [0.1, 0.15) is 5.75 Å². The molecule has 6 nitrogen and oxygen atoms in total. The second kappa shape index (κ2) is 5.54. The van der Waals surface area contributed by atoms with Gasteiger partial charge in [0, 0.05) is 4.47 Å². The normalized spacial score (nSPS) is 9.89. The maximum Gasteiger partial charge on any atom is 0.261 e. The number of benzene rings is 1. The lowest BCUT2D eigenvalue weighted by Crippen LogP contribution is -2.15. The zero-order chi connectivity index (χ0) is 13.0. The number of rotatable bonds is 3. The average molecular weight is 309 g/mol. The van der Waals surface area contributed by atoms with Crippen molar-refractivity contribution >= 4 is 27.8 Å². The molecule has 0 saturated heterocycles. The molecule has 2 aromatic rings. The van der Waals surface area contributed by atoms with Crippen molar-refractivity contribution in [2.75, 3.05) is 12.4 Å². The number of nitrogens with zero attached hydrogens (tertiary/aromatic N) is 3. The molecule has 92 valence electrons. The standard InChI is InChI=1S/C11H9BrN4O2/c1-18-9-3-2-7(12)6-8(9)10(17)15-11-13-4-5-14-16-11/h2-6H,1H3,(H,13,15,16,17). The third-order valence-electron chi connectivity index (χ3n) is 2.11. The summed E-state index contributed by atoms with van der Waals surface area (Å²) in [5, 5.41) is 9.84. The minimum Gasteiger partial charge on any atom is -0.496 e. The molecule has 1 aromatic heterocycles. The van der Waals surface area contributed by atoms with Crippen LogP contribution in [0.25, 0.3) is 0 Å². The van der Waals surface area contributed by atoms with Crippen LogP contribution in [0.4, 0.5) is 5.95 Å². The number of carbonyl (C=O) groups excluding carboxylic acids is 1. The minimum absolute atomic E-state index is 0.143. The lowest BCUT2D eigenvalue weighted by atomic mass is 10.2. The molecule has 1 amide bonds. The van der Waals surface area contributed by atoms with Gasteiger partial charge in [-0.15, -0.1) is 5.10 Å². The van der Waals surface area contributed by atoms with Gasteiger partial charge in [0.05, 0.1) is 25.1 Å². The van der Waals surface area contributed by atoms with E-state index in [2.05, 4.69) is 36.4 Å². The fourth-order valence-corrected chi connectivity index (χ4v) is 1.69. The van der Waals surface area contributed by atoms with E-state index in [4.69, 9.17) is 4.74 Å². The summed E-state index contributed by atoms with van der Waals surface area (Å²) < 4.78 is 5.90. The van der Waals surface area contributed by atoms with Gasteiger partial charge in [0.2, 0.25) is 5.95 Å². The average Bonchev–Trinajstić information content (AvgIpc) is 2.40. The Morgan fingerprint density at radius 3 is 2.89 bits per heavy atom. The van der Waals surface area contributed by atoms with Gasteiger partial charge in [-0.3, -0.25) is 10.1 Å². The molecular weight excluding hydrogens is 300 g/mol. The van der Waals surface area contributed by atoms with Crippen LogP contribution in [0.1, 0.15) is 10.4 Å². The Morgan fingerprint density at radius 1 is 1.39 bits per heavy atom. The molecule has 0 aliphatic carbocycles. The van der Waals surface area contributed by atoms with Crippen LogP contribution in [-0.2, 0) is 0 Å². The van der Waals surface area contributed by atoms with Gasteiger partial charge in [-0.2, -0.15) is 5.10 Å². The molecule has 0 aliphatic rings. The number of hydrogen-bond acceptors (Lipinski definition) is 5. The Bertz CT molecular complexity index is 562. The Labute approximate surface area is 112 Å². The van der Waals surface area contributed by atoms with Crippen molar-refractivity contribution in [2.45, 2.75) is 0 Å². The predicted molar refractivity (Wildman–Crippen MR) is 68.5 cm³/mol. The summed E-state index contributed by atoms with van der Waals surface area (Å²) in [7, 11) is 1.50. The first kappa shape index (κ1) is 12.4. The number of halogens is 1. The van der Waals surface area contributed by atoms with Gasteiger partial charge < -0.3 is 4.74 Å². The van der Waals surface area contributed by atoms with Gasteiger partial charge in [0.15, 0.2) is 0 Å². The van der Waals surface area contributed by atoms with E-state index in [0.29, 0.717) is 11.3 Å². The number of carbonyl (C=O) groups is 1. The number of aromatic nitrogens is 3. The molecule has 0 saturated carbocycles. The van der Waals surface area contributed by atoms with Crippen molar-refractivity contribution in [3.05, 3.63) is 40.6 Å². The van der Waals surface area contributed by atoms with Crippen molar-refractivity contribution in [3.8, 4) is 5.75 Å². The summed E-state index contributed by atoms with van der Waals surface area (Å²) >= 11 is 3.30. The molecule has 0 spiro atoms. The Balaban J connectivity index is 2.26. The van der Waals surface area contributed by atoms with Crippen LogP contribution in [0.3, 0.4) is 0 Å². The van der Waals surface area contributed by atoms with Crippen molar-refractivity contribution in [1.82, 2.24) is 15.2 Å². The highest BCUT2D eigenvalue weighted by Crippen LogP contribution is 2.23. The SMILES string of the molecule is COc1ccc(Br)cc1C(=O)Nc1nccnn1. The number of hydrogen-bond donors (Lipinski definition) is 1. The highest BCUT2D eigenvalue weighted by molar-refractivity contribution is 9.10. The van der Waals surface area contributed by atoms with Gasteiger partial charge in [0.25, 0.3) is 5.91 Å². The molecule has 18 heavy (non-hydrogen) atoms. The lowest BCUT2D eigenvalue weighted by Gasteiger charge is -2.08. The first-order valence-corrected chi connectivity index (χ1v) is 5.78. The Hall–Kier alpha value is -2.02. The van der Waals surface area contributed by atoms with Crippen LogP contribution < -0.4 is 10.1 Å². The number of ether oxygens (including phenoxy) is 1. The predicted octanol–water partition coefficient (Wildman–Crippen LogP) is 1.89. The second-order valence-electron chi connectivity index (χ2n) is 3.27. The second-order valence-corrected chi connectivity index (χ2v) is 4.18. The Kier molecular flexibility index (Phi) is 3.83. The largest absolute Gasteiger partial charge is 0.496 e. The quantitative estimate of drug-likeness (QED) is 0.937. The zero-order valence-electron chi connectivity index (χ0n) is 9.42. The van der Waals surface area contributed by atoms with E-state index in [1.807, 2.05) is 0 Å². The molecule has 1 N–H and O–H groups in total. The zero-order valence-corrected chi connectivity index (χ0v) is 11.0. The third kappa shape index (κ3) is 2.80.